The number of fused-ring (bicyclic) bond motifs is 1. The summed E-state index contributed by atoms with van der Waals surface area (Å²) >= 11 is 0. The Morgan fingerprint density at radius 2 is 2.02 bits per heavy atom. The molecule has 1 aliphatic carbocycles. The van der Waals surface area contributed by atoms with Crippen molar-refractivity contribution in [3.05, 3.63) is 82.3 Å². The van der Waals surface area contributed by atoms with E-state index in [0.29, 0.717) is 33.8 Å². The first-order chi connectivity index (χ1) is 19.7. The van der Waals surface area contributed by atoms with Crippen molar-refractivity contribution in [2.75, 3.05) is 11.1 Å². The molecule has 1 aliphatic rings. The zero-order valence-corrected chi connectivity index (χ0v) is 22.4. The summed E-state index contributed by atoms with van der Waals surface area (Å²) in [5.74, 6) is -1.76. The Morgan fingerprint density at radius 1 is 1.22 bits per heavy atom. The van der Waals surface area contributed by atoms with Gasteiger partial charge in [0.15, 0.2) is 5.82 Å². The SMILES string of the molecule is CC(Cc1c(-c2nc(N)nc(Nc3cnn(C)c3)n2)cccc1-n1ccc2cc(C3CC3)cc(F)c2c1=O)C(=O)O. The fourth-order valence-corrected chi connectivity index (χ4v) is 4.99. The topological polar surface area (TPSA) is 154 Å². The van der Waals surface area contributed by atoms with Crippen LogP contribution in [0.25, 0.3) is 27.8 Å². The van der Waals surface area contributed by atoms with E-state index in [1.807, 2.05) is 6.07 Å². The average Bonchev–Trinajstić information content (AvgIpc) is 3.70. The highest BCUT2D eigenvalue weighted by Gasteiger charge is 2.26. The summed E-state index contributed by atoms with van der Waals surface area (Å²) in [6, 6.07) is 10.1. The van der Waals surface area contributed by atoms with Crippen LogP contribution >= 0.6 is 0 Å². The first kappa shape index (κ1) is 26.1. The Bertz CT molecular complexity index is 1880. The minimum Gasteiger partial charge on any atom is -0.481 e. The molecule has 1 unspecified atom stereocenters. The Kier molecular flexibility index (Phi) is 6.45. The van der Waals surface area contributed by atoms with Crippen molar-refractivity contribution in [2.24, 2.45) is 13.0 Å². The first-order valence-corrected chi connectivity index (χ1v) is 13.2. The molecule has 1 saturated carbocycles. The number of rotatable bonds is 8. The minimum atomic E-state index is -1.01. The van der Waals surface area contributed by atoms with Crippen molar-refractivity contribution in [2.45, 2.75) is 32.1 Å². The molecule has 0 aliphatic heterocycles. The van der Waals surface area contributed by atoms with Crippen LogP contribution in [-0.4, -0.2) is 40.4 Å². The summed E-state index contributed by atoms with van der Waals surface area (Å²) in [5.41, 5.74) is 8.38. The monoisotopic (exact) mass is 554 g/mol. The van der Waals surface area contributed by atoms with Crippen molar-refractivity contribution >= 4 is 34.3 Å². The summed E-state index contributed by atoms with van der Waals surface area (Å²) in [6.45, 7) is 1.57. The maximum Gasteiger partial charge on any atom is 0.306 e. The number of nitrogens with one attached hydrogen (secondary N) is 1. The summed E-state index contributed by atoms with van der Waals surface area (Å²) < 4.78 is 18.2. The third kappa shape index (κ3) is 5.11. The molecule has 3 aromatic heterocycles. The summed E-state index contributed by atoms with van der Waals surface area (Å²) in [6.07, 6.45) is 7.00. The van der Waals surface area contributed by atoms with Gasteiger partial charge < -0.3 is 16.2 Å². The number of carbonyl (C=O) groups is 1. The van der Waals surface area contributed by atoms with E-state index in [1.165, 1.54) is 10.6 Å². The molecule has 2 aromatic carbocycles. The Balaban J connectivity index is 1.51. The molecule has 208 valence electrons. The predicted molar refractivity (Wildman–Crippen MR) is 152 cm³/mol. The van der Waals surface area contributed by atoms with Crippen LogP contribution in [0.2, 0.25) is 0 Å². The molecule has 1 fully saturated rings. The van der Waals surface area contributed by atoms with Crippen LogP contribution in [0, 0.1) is 11.7 Å². The van der Waals surface area contributed by atoms with Gasteiger partial charge in [-0.15, -0.1) is 0 Å². The van der Waals surface area contributed by atoms with E-state index in [2.05, 4.69) is 25.4 Å². The number of hydrogen-bond donors (Lipinski definition) is 3. The van der Waals surface area contributed by atoms with Crippen molar-refractivity contribution in [1.29, 1.82) is 0 Å². The molecule has 0 radical (unpaired) electrons. The van der Waals surface area contributed by atoms with E-state index >= 15 is 4.39 Å². The lowest BCUT2D eigenvalue weighted by Crippen LogP contribution is -2.22. The molecule has 4 N–H and O–H groups in total. The van der Waals surface area contributed by atoms with Crippen LogP contribution in [0.5, 0.6) is 0 Å². The van der Waals surface area contributed by atoms with Crippen molar-refractivity contribution in [3.63, 3.8) is 0 Å². The maximum absolute atomic E-state index is 15.3. The van der Waals surface area contributed by atoms with Gasteiger partial charge in [-0.3, -0.25) is 18.8 Å². The van der Waals surface area contributed by atoms with Crippen molar-refractivity contribution < 1.29 is 14.3 Å². The Morgan fingerprint density at radius 3 is 2.73 bits per heavy atom. The van der Waals surface area contributed by atoms with Crippen LogP contribution in [0.3, 0.4) is 0 Å². The van der Waals surface area contributed by atoms with Crippen LogP contribution in [-0.2, 0) is 18.3 Å². The second kappa shape index (κ2) is 10.1. The number of anilines is 3. The summed E-state index contributed by atoms with van der Waals surface area (Å²) in [4.78, 5) is 38.6. The van der Waals surface area contributed by atoms with Gasteiger partial charge in [0, 0.05) is 25.0 Å². The highest BCUT2D eigenvalue weighted by Crippen LogP contribution is 2.41. The number of aromatic nitrogens is 6. The highest BCUT2D eigenvalue weighted by molar-refractivity contribution is 5.84. The summed E-state index contributed by atoms with van der Waals surface area (Å²) in [5, 5.41) is 17.4. The number of nitrogen functional groups attached to an aromatic ring is 1. The average molecular weight is 555 g/mol. The van der Waals surface area contributed by atoms with Gasteiger partial charge in [0.25, 0.3) is 5.56 Å². The predicted octanol–water partition coefficient (Wildman–Crippen LogP) is 4.18. The van der Waals surface area contributed by atoms with Gasteiger partial charge in [0.1, 0.15) is 5.82 Å². The minimum absolute atomic E-state index is 0.0214. The fourth-order valence-electron chi connectivity index (χ4n) is 4.99. The number of aryl methyl sites for hydroxylation is 1. The van der Waals surface area contributed by atoms with Gasteiger partial charge in [0.05, 0.1) is 28.9 Å². The molecular formula is C29H27FN8O3. The standard InChI is InChI=1S/C29H27FN8O3/c1-15(27(40)41)10-21-20(25-34-28(31)36-29(35-25)33-19-13-32-37(2)14-19)4-3-5-23(21)38-9-8-17-11-18(16-6-7-16)12-22(30)24(17)26(38)39/h3-5,8-9,11-16H,6-7,10H2,1-2H3,(H,40,41)(H3,31,33,34,35,36). The number of benzene rings is 2. The number of pyridine rings is 1. The van der Waals surface area contributed by atoms with Crippen LogP contribution in [0.1, 0.15) is 36.8 Å². The molecule has 12 heteroatoms. The molecule has 0 saturated heterocycles. The van der Waals surface area contributed by atoms with Crippen LogP contribution in [0.4, 0.5) is 22.0 Å². The molecule has 3 heterocycles. The first-order valence-electron chi connectivity index (χ1n) is 13.2. The van der Waals surface area contributed by atoms with Crippen LogP contribution < -0.4 is 16.6 Å². The molecule has 0 spiro atoms. The molecule has 41 heavy (non-hydrogen) atoms. The number of carboxylic acids is 1. The number of aliphatic carboxylic acids is 1. The van der Waals surface area contributed by atoms with Crippen LogP contribution in [0.15, 0.2) is 59.8 Å². The maximum atomic E-state index is 15.3. The van der Waals surface area contributed by atoms with Gasteiger partial charge in [0.2, 0.25) is 11.9 Å². The summed E-state index contributed by atoms with van der Waals surface area (Å²) in [7, 11) is 1.77. The molecule has 0 bridgehead atoms. The lowest BCUT2D eigenvalue weighted by atomic mass is 9.94. The van der Waals surface area contributed by atoms with E-state index in [0.717, 1.165) is 18.4 Å². The largest absolute Gasteiger partial charge is 0.481 e. The molecule has 5 aromatic rings. The lowest BCUT2D eigenvalue weighted by molar-refractivity contribution is -0.141. The van der Waals surface area contributed by atoms with Crippen molar-refractivity contribution in [3.8, 4) is 17.1 Å². The Hall–Kier alpha value is -5.13. The normalized spacial score (nSPS) is 13.8. The fraction of sp³-hybridized carbons (Fsp3) is 0.241. The van der Waals surface area contributed by atoms with E-state index in [4.69, 9.17) is 5.73 Å². The van der Waals surface area contributed by atoms with E-state index in [9.17, 15) is 14.7 Å². The number of hydrogen-bond acceptors (Lipinski definition) is 8. The zero-order chi connectivity index (χ0) is 28.8. The van der Waals surface area contributed by atoms with Crippen molar-refractivity contribution in [1.82, 2.24) is 29.3 Å². The zero-order valence-electron chi connectivity index (χ0n) is 22.4. The smallest absolute Gasteiger partial charge is 0.306 e. The molecule has 11 nitrogen and oxygen atoms in total. The van der Waals surface area contributed by atoms with E-state index in [-0.39, 0.29) is 29.5 Å². The number of nitrogens with zero attached hydrogens (tertiary/aromatic N) is 6. The quantitative estimate of drug-likeness (QED) is 0.256. The van der Waals surface area contributed by atoms with E-state index in [1.54, 1.807) is 61.5 Å². The van der Waals surface area contributed by atoms with E-state index < -0.39 is 23.3 Å². The third-order valence-electron chi connectivity index (χ3n) is 7.22. The van der Waals surface area contributed by atoms with Gasteiger partial charge in [-0.1, -0.05) is 25.1 Å². The highest BCUT2D eigenvalue weighted by atomic mass is 19.1. The van der Waals surface area contributed by atoms with Gasteiger partial charge in [-0.05, 0) is 59.9 Å². The second-order valence-electron chi connectivity index (χ2n) is 10.3. The van der Waals surface area contributed by atoms with Gasteiger partial charge in [-0.2, -0.15) is 20.1 Å². The third-order valence-corrected chi connectivity index (χ3v) is 7.22. The number of nitrogens with two attached hydrogens (primary N) is 1. The van der Waals surface area contributed by atoms with Gasteiger partial charge in [-0.25, -0.2) is 4.39 Å². The second-order valence-corrected chi connectivity index (χ2v) is 10.3. The molecule has 6 rings (SSSR count). The molecular weight excluding hydrogens is 527 g/mol. The number of carboxylic acid groups (broad SMARTS) is 1. The van der Waals surface area contributed by atoms with Gasteiger partial charge >= 0.3 is 5.97 Å². The lowest BCUT2D eigenvalue weighted by Gasteiger charge is -2.18. The molecule has 1 atom stereocenters. The molecule has 0 amide bonds. The number of halogens is 1. The Labute approximate surface area is 233 Å².